The average molecular weight is 538 g/mol. The summed E-state index contributed by atoms with van der Waals surface area (Å²) in [5.74, 6) is 0.0374. The molecule has 0 unspecified atom stereocenters. The molecule has 3 aromatic carbocycles. The van der Waals surface area contributed by atoms with E-state index in [-0.39, 0.29) is 13.2 Å². The van der Waals surface area contributed by atoms with Crippen molar-refractivity contribution in [3.8, 4) is 11.5 Å². The summed E-state index contributed by atoms with van der Waals surface area (Å²) >= 11 is 1.60. The lowest BCUT2D eigenvalue weighted by Crippen LogP contribution is -2.31. The maximum absolute atomic E-state index is 13.0. The maximum atomic E-state index is 13.0. The van der Waals surface area contributed by atoms with Gasteiger partial charge < -0.3 is 24.4 Å². The van der Waals surface area contributed by atoms with Crippen LogP contribution in [0.2, 0.25) is 0 Å². The Bertz CT molecular complexity index is 1190. The molecule has 1 amide bonds. The van der Waals surface area contributed by atoms with Gasteiger partial charge in [0, 0.05) is 16.7 Å². The monoisotopic (exact) mass is 537 g/mol. The second-order valence-corrected chi connectivity index (χ2v) is 8.99. The Morgan fingerprint density at radius 2 is 1.74 bits per heavy atom. The lowest BCUT2D eigenvalue weighted by molar-refractivity contribution is -0.131. The second kappa shape index (κ2) is 15.3. The lowest BCUT2D eigenvalue weighted by Gasteiger charge is -2.28. The third-order valence-corrected chi connectivity index (χ3v) is 6.11. The molecule has 0 aliphatic heterocycles. The van der Waals surface area contributed by atoms with Crippen LogP contribution in [0.1, 0.15) is 24.5 Å². The molecule has 3 rings (SSSR count). The molecular formula is C29H31NO7S. The number of ether oxygens (including phenoxy) is 3. The minimum Gasteiger partial charge on any atom is -0.491 e. The summed E-state index contributed by atoms with van der Waals surface area (Å²) in [6.45, 7) is -0.0248. The van der Waals surface area contributed by atoms with E-state index in [9.17, 15) is 9.59 Å². The van der Waals surface area contributed by atoms with Gasteiger partial charge in [0.25, 0.3) is 0 Å². The minimum atomic E-state index is -1.04. The molecule has 0 aromatic heterocycles. The van der Waals surface area contributed by atoms with Gasteiger partial charge >= 0.3 is 12.1 Å². The number of rotatable bonds is 14. The van der Waals surface area contributed by atoms with Gasteiger partial charge in [-0.05, 0) is 73.2 Å². The zero-order valence-corrected chi connectivity index (χ0v) is 21.8. The van der Waals surface area contributed by atoms with Crippen molar-refractivity contribution in [2.24, 2.45) is 0 Å². The van der Waals surface area contributed by atoms with Crippen LogP contribution in [0.3, 0.4) is 0 Å². The molecule has 3 aromatic rings. The Morgan fingerprint density at radius 1 is 1.00 bits per heavy atom. The summed E-state index contributed by atoms with van der Waals surface area (Å²) in [7, 11) is 0. The van der Waals surface area contributed by atoms with E-state index in [1.165, 1.54) is 6.08 Å². The number of anilines is 1. The van der Waals surface area contributed by atoms with Crippen LogP contribution in [0, 0.1) is 0 Å². The third kappa shape index (κ3) is 9.49. The van der Waals surface area contributed by atoms with Gasteiger partial charge in [-0.1, -0.05) is 36.4 Å². The average Bonchev–Trinajstić information content (AvgIpc) is 2.93. The SMILES string of the molecule is CSc1ccc(NC(=O)O[C@H](c2cccc(OCCO)c2)[C@@H](CC/C=C/C(=O)O)Oc2ccccc2)cc1. The fourth-order valence-corrected chi connectivity index (χ4v) is 4.04. The number of nitrogens with one attached hydrogen (secondary N) is 1. The number of carbonyl (C=O) groups excluding carboxylic acids is 1. The van der Waals surface area contributed by atoms with E-state index in [1.54, 1.807) is 60.3 Å². The highest BCUT2D eigenvalue weighted by Gasteiger charge is 2.29. The summed E-state index contributed by atoms with van der Waals surface area (Å²) < 4.78 is 17.8. The molecule has 2 atom stereocenters. The molecule has 200 valence electrons. The van der Waals surface area contributed by atoms with Crippen LogP contribution in [0.15, 0.2) is 95.9 Å². The number of aliphatic carboxylic acids is 1. The van der Waals surface area contributed by atoms with Crippen molar-refractivity contribution in [2.75, 3.05) is 24.8 Å². The Morgan fingerprint density at radius 3 is 2.42 bits per heavy atom. The van der Waals surface area contributed by atoms with Crippen molar-refractivity contribution in [3.63, 3.8) is 0 Å². The molecule has 3 N–H and O–H groups in total. The predicted octanol–water partition coefficient (Wildman–Crippen LogP) is 5.94. The quantitative estimate of drug-likeness (QED) is 0.171. The normalized spacial score (nSPS) is 12.5. The summed E-state index contributed by atoms with van der Waals surface area (Å²) in [6.07, 6.45) is 3.13. The van der Waals surface area contributed by atoms with Gasteiger partial charge in [-0.2, -0.15) is 0 Å². The summed E-state index contributed by atoms with van der Waals surface area (Å²) in [6, 6.07) is 23.5. The molecule has 0 aliphatic carbocycles. The van der Waals surface area contributed by atoms with Crippen LogP contribution in [-0.4, -0.2) is 47.8 Å². The number of hydrogen-bond acceptors (Lipinski definition) is 7. The van der Waals surface area contributed by atoms with E-state index >= 15 is 0 Å². The summed E-state index contributed by atoms with van der Waals surface area (Å²) in [4.78, 5) is 25.0. The van der Waals surface area contributed by atoms with Gasteiger partial charge in [0.1, 0.15) is 24.2 Å². The van der Waals surface area contributed by atoms with E-state index in [1.807, 2.05) is 36.6 Å². The smallest absolute Gasteiger partial charge is 0.412 e. The van der Waals surface area contributed by atoms with Crippen molar-refractivity contribution < 1.29 is 34.0 Å². The van der Waals surface area contributed by atoms with Gasteiger partial charge in [-0.25, -0.2) is 9.59 Å². The highest BCUT2D eigenvalue weighted by molar-refractivity contribution is 7.98. The predicted molar refractivity (Wildman–Crippen MR) is 147 cm³/mol. The molecule has 0 aliphatic rings. The molecule has 0 spiro atoms. The Hall–Kier alpha value is -3.95. The number of aliphatic hydroxyl groups is 1. The Labute approximate surface area is 226 Å². The molecule has 8 nitrogen and oxygen atoms in total. The second-order valence-electron chi connectivity index (χ2n) is 8.11. The van der Waals surface area contributed by atoms with Crippen molar-refractivity contribution in [3.05, 3.63) is 96.6 Å². The molecular weight excluding hydrogens is 506 g/mol. The number of carboxylic acid groups (broad SMARTS) is 1. The van der Waals surface area contributed by atoms with Crippen molar-refractivity contribution >= 4 is 29.5 Å². The lowest BCUT2D eigenvalue weighted by atomic mass is 9.99. The Kier molecular flexibility index (Phi) is 11.5. The molecule has 0 fully saturated rings. The highest BCUT2D eigenvalue weighted by Crippen LogP contribution is 2.31. The zero-order chi connectivity index (χ0) is 27.2. The number of aliphatic hydroxyl groups excluding tert-OH is 1. The number of amides is 1. The van der Waals surface area contributed by atoms with Crippen LogP contribution >= 0.6 is 11.8 Å². The number of para-hydroxylation sites is 1. The number of carbonyl (C=O) groups is 2. The van der Waals surface area contributed by atoms with Crippen LogP contribution in [0.25, 0.3) is 0 Å². The van der Waals surface area contributed by atoms with Gasteiger partial charge in [0.2, 0.25) is 0 Å². The van der Waals surface area contributed by atoms with Crippen molar-refractivity contribution in [1.29, 1.82) is 0 Å². The number of carboxylic acids is 1. The summed E-state index contributed by atoms with van der Waals surface area (Å²) in [5.41, 5.74) is 1.20. The van der Waals surface area contributed by atoms with Crippen LogP contribution < -0.4 is 14.8 Å². The molecule has 0 saturated heterocycles. The standard InChI is InChI=1S/C29H31NO7S/c1-38-25-16-14-22(15-17-25)30-29(34)37-28(21-8-7-11-24(20-21)35-19-18-31)26(12-5-6-13-27(32)33)36-23-9-3-2-4-10-23/h2-4,6-11,13-17,20,26,28,31H,5,12,18-19H2,1H3,(H,30,34)(H,32,33)/b13-6+/t26-,28-/m1/s1. The van der Waals surface area contributed by atoms with Crippen LogP contribution in [-0.2, 0) is 9.53 Å². The number of thioether (sulfide) groups is 1. The molecule has 0 bridgehead atoms. The topological polar surface area (TPSA) is 114 Å². The maximum Gasteiger partial charge on any atom is 0.412 e. The fourth-order valence-electron chi connectivity index (χ4n) is 3.63. The first-order chi connectivity index (χ1) is 18.5. The largest absolute Gasteiger partial charge is 0.491 e. The first kappa shape index (κ1) is 28.6. The number of allylic oxidation sites excluding steroid dienone is 1. The van der Waals surface area contributed by atoms with Crippen LogP contribution in [0.4, 0.5) is 10.5 Å². The van der Waals surface area contributed by atoms with Gasteiger partial charge in [-0.3, -0.25) is 5.32 Å². The highest BCUT2D eigenvalue weighted by atomic mass is 32.2. The molecule has 0 heterocycles. The zero-order valence-electron chi connectivity index (χ0n) is 21.0. The van der Waals surface area contributed by atoms with E-state index in [0.717, 1.165) is 11.0 Å². The first-order valence-corrected chi connectivity index (χ1v) is 13.3. The van der Waals surface area contributed by atoms with Crippen molar-refractivity contribution in [1.82, 2.24) is 0 Å². The fraction of sp³-hybridized carbons (Fsp3) is 0.241. The molecule has 9 heteroatoms. The molecule has 0 radical (unpaired) electrons. The van der Waals surface area contributed by atoms with Crippen LogP contribution in [0.5, 0.6) is 11.5 Å². The Balaban J connectivity index is 1.90. The summed E-state index contributed by atoms with van der Waals surface area (Å²) in [5, 5.41) is 20.9. The molecule has 0 saturated carbocycles. The van der Waals surface area contributed by atoms with E-state index in [0.29, 0.717) is 35.6 Å². The van der Waals surface area contributed by atoms with E-state index in [2.05, 4.69) is 5.32 Å². The van der Waals surface area contributed by atoms with E-state index < -0.39 is 24.3 Å². The first-order valence-electron chi connectivity index (χ1n) is 12.0. The van der Waals surface area contributed by atoms with Gasteiger partial charge in [0.15, 0.2) is 6.10 Å². The van der Waals surface area contributed by atoms with Gasteiger partial charge in [-0.15, -0.1) is 11.8 Å². The number of hydrogen-bond donors (Lipinski definition) is 3. The van der Waals surface area contributed by atoms with Crippen molar-refractivity contribution in [2.45, 2.75) is 29.9 Å². The molecule has 38 heavy (non-hydrogen) atoms. The van der Waals surface area contributed by atoms with Gasteiger partial charge in [0.05, 0.1) is 6.61 Å². The minimum absolute atomic E-state index is 0.116. The third-order valence-electron chi connectivity index (χ3n) is 5.36. The van der Waals surface area contributed by atoms with E-state index in [4.69, 9.17) is 24.4 Å². The number of benzene rings is 3.